The van der Waals surface area contributed by atoms with E-state index in [1.165, 1.54) is 0 Å². The molecule has 1 atom stereocenters. The highest BCUT2D eigenvalue weighted by molar-refractivity contribution is 6.16. The van der Waals surface area contributed by atoms with E-state index in [2.05, 4.69) is 15.6 Å². The molecule has 2 aromatic rings. The first-order valence-corrected chi connectivity index (χ1v) is 6.91. The zero-order chi connectivity index (χ0) is 13.2. The van der Waals surface area contributed by atoms with Crippen molar-refractivity contribution in [1.29, 1.82) is 5.26 Å². The van der Waals surface area contributed by atoms with Gasteiger partial charge in [0.05, 0.1) is 41.2 Å². The van der Waals surface area contributed by atoms with E-state index in [1.807, 2.05) is 12.1 Å². The van der Waals surface area contributed by atoms with E-state index in [0.29, 0.717) is 18.1 Å². The molecule has 0 N–H and O–H groups in total. The summed E-state index contributed by atoms with van der Waals surface area (Å²) in [6, 6.07) is 7.98. The van der Waals surface area contributed by atoms with E-state index in [-0.39, 0.29) is 6.04 Å². The summed E-state index contributed by atoms with van der Waals surface area (Å²) < 4.78 is 7.70. The maximum absolute atomic E-state index is 9.03. The smallest absolute Gasteiger partial charge is 0.125 e. The number of ether oxygens (including phenoxy) is 1. The molecule has 5 heteroatoms. The van der Waals surface area contributed by atoms with Crippen molar-refractivity contribution in [2.75, 3.05) is 13.2 Å². The van der Waals surface area contributed by atoms with Crippen LogP contribution >= 0.6 is 11.6 Å². The number of alkyl halides is 1. The fourth-order valence-corrected chi connectivity index (χ4v) is 2.83. The monoisotopic (exact) mass is 275 g/mol. The number of fused-ring (bicyclic) bond motifs is 1. The molecule has 1 aliphatic rings. The van der Waals surface area contributed by atoms with Gasteiger partial charge in [-0.1, -0.05) is 0 Å². The first kappa shape index (κ1) is 12.5. The van der Waals surface area contributed by atoms with Crippen LogP contribution in [0.1, 0.15) is 30.3 Å². The van der Waals surface area contributed by atoms with Gasteiger partial charge < -0.3 is 9.30 Å². The van der Waals surface area contributed by atoms with Gasteiger partial charge in [0.15, 0.2) is 0 Å². The zero-order valence-corrected chi connectivity index (χ0v) is 11.2. The summed E-state index contributed by atoms with van der Waals surface area (Å²) in [5, 5.41) is 9.03. The van der Waals surface area contributed by atoms with E-state index in [1.54, 1.807) is 6.07 Å². The number of imidazole rings is 1. The number of hydrogen-bond acceptors (Lipinski definition) is 3. The van der Waals surface area contributed by atoms with Crippen LogP contribution in [0.2, 0.25) is 0 Å². The lowest BCUT2D eigenvalue weighted by atomic mass is 10.1. The number of rotatable bonds is 2. The molecule has 0 amide bonds. The Hall–Kier alpha value is -1.57. The van der Waals surface area contributed by atoms with Crippen LogP contribution in [0.5, 0.6) is 0 Å². The average Bonchev–Trinajstić information content (AvgIpc) is 2.85. The van der Waals surface area contributed by atoms with Crippen molar-refractivity contribution in [3.8, 4) is 6.07 Å². The predicted molar refractivity (Wildman–Crippen MR) is 73.1 cm³/mol. The molecule has 1 unspecified atom stereocenters. The summed E-state index contributed by atoms with van der Waals surface area (Å²) in [5.74, 6) is 1.22. The predicted octanol–water partition coefficient (Wildman–Crippen LogP) is 3.00. The molecule has 1 aliphatic heterocycles. The van der Waals surface area contributed by atoms with Crippen LogP contribution in [0.3, 0.4) is 0 Å². The Morgan fingerprint density at radius 1 is 1.53 bits per heavy atom. The normalized spacial score (nSPS) is 19.5. The van der Waals surface area contributed by atoms with Crippen molar-refractivity contribution in [2.24, 2.45) is 0 Å². The van der Waals surface area contributed by atoms with Crippen molar-refractivity contribution in [1.82, 2.24) is 9.55 Å². The number of nitriles is 1. The van der Waals surface area contributed by atoms with Gasteiger partial charge in [0, 0.05) is 6.61 Å². The molecule has 1 fully saturated rings. The van der Waals surface area contributed by atoms with Crippen molar-refractivity contribution >= 4 is 22.6 Å². The summed E-state index contributed by atoms with van der Waals surface area (Å²) in [6.45, 7) is 1.51. The Bertz CT molecular complexity index is 638. The Labute approximate surface area is 116 Å². The SMILES string of the molecule is N#Cc1ccc2nc(CCl)n(C3CCCOC3)c2c1. The second kappa shape index (κ2) is 5.20. The summed E-state index contributed by atoms with van der Waals surface area (Å²) in [5.41, 5.74) is 2.51. The van der Waals surface area contributed by atoms with Crippen molar-refractivity contribution in [2.45, 2.75) is 24.8 Å². The summed E-state index contributed by atoms with van der Waals surface area (Å²) in [4.78, 5) is 4.55. The molecule has 0 aliphatic carbocycles. The van der Waals surface area contributed by atoms with Gasteiger partial charge in [-0.05, 0) is 31.0 Å². The van der Waals surface area contributed by atoms with Gasteiger partial charge in [0.1, 0.15) is 5.82 Å². The van der Waals surface area contributed by atoms with Crippen LogP contribution in [0.25, 0.3) is 11.0 Å². The summed E-state index contributed by atoms with van der Waals surface area (Å²) in [6.07, 6.45) is 2.11. The Morgan fingerprint density at radius 2 is 2.42 bits per heavy atom. The summed E-state index contributed by atoms with van der Waals surface area (Å²) >= 11 is 6.01. The van der Waals surface area contributed by atoms with Crippen LogP contribution in [-0.4, -0.2) is 22.8 Å². The van der Waals surface area contributed by atoms with Gasteiger partial charge in [-0.25, -0.2) is 4.98 Å². The minimum absolute atomic E-state index is 0.265. The second-order valence-corrected chi connectivity index (χ2v) is 4.99. The fourth-order valence-electron chi connectivity index (χ4n) is 2.64. The lowest BCUT2D eigenvalue weighted by molar-refractivity contribution is 0.0597. The molecule has 1 saturated heterocycles. The Kier molecular flexibility index (Phi) is 3.41. The molecule has 4 nitrogen and oxygen atoms in total. The molecule has 98 valence electrons. The van der Waals surface area contributed by atoms with Gasteiger partial charge >= 0.3 is 0 Å². The van der Waals surface area contributed by atoms with E-state index in [0.717, 1.165) is 36.3 Å². The molecule has 1 aromatic carbocycles. The van der Waals surface area contributed by atoms with Crippen molar-refractivity contribution < 1.29 is 4.74 Å². The molecular formula is C14H14ClN3O. The van der Waals surface area contributed by atoms with E-state index >= 15 is 0 Å². The molecule has 0 bridgehead atoms. The van der Waals surface area contributed by atoms with Crippen LogP contribution < -0.4 is 0 Å². The Morgan fingerprint density at radius 3 is 3.11 bits per heavy atom. The maximum atomic E-state index is 9.03. The number of halogens is 1. The first-order valence-electron chi connectivity index (χ1n) is 6.38. The van der Waals surface area contributed by atoms with E-state index in [9.17, 15) is 0 Å². The maximum Gasteiger partial charge on any atom is 0.125 e. The Balaban J connectivity index is 2.16. The van der Waals surface area contributed by atoms with Gasteiger partial charge in [-0.15, -0.1) is 11.6 Å². The quantitative estimate of drug-likeness (QED) is 0.792. The number of aromatic nitrogens is 2. The van der Waals surface area contributed by atoms with E-state index in [4.69, 9.17) is 21.6 Å². The van der Waals surface area contributed by atoms with Gasteiger partial charge in [0.25, 0.3) is 0 Å². The van der Waals surface area contributed by atoms with Crippen LogP contribution in [-0.2, 0) is 10.6 Å². The minimum Gasteiger partial charge on any atom is -0.379 e. The minimum atomic E-state index is 0.265. The largest absolute Gasteiger partial charge is 0.379 e. The standard InChI is InChI=1S/C14H14ClN3O/c15-7-14-17-12-4-3-10(8-16)6-13(12)18(14)11-2-1-5-19-9-11/h3-4,6,11H,1-2,5,7,9H2. The van der Waals surface area contributed by atoms with Crippen LogP contribution in [0.15, 0.2) is 18.2 Å². The number of nitrogens with zero attached hydrogens (tertiary/aromatic N) is 3. The third-order valence-electron chi connectivity index (χ3n) is 3.51. The van der Waals surface area contributed by atoms with Gasteiger partial charge in [0.2, 0.25) is 0 Å². The van der Waals surface area contributed by atoms with Gasteiger partial charge in [-0.3, -0.25) is 0 Å². The average molecular weight is 276 g/mol. The molecule has 1 aromatic heterocycles. The first-order chi connectivity index (χ1) is 9.33. The zero-order valence-electron chi connectivity index (χ0n) is 10.5. The lowest BCUT2D eigenvalue weighted by Gasteiger charge is -2.25. The highest BCUT2D eigenvalue weighted by Crippen LogP contribution is 2.28. The van der Waals surface area contributed by atoms with Crippen LogP contribution in [0.4, 0.5) is 0 Å². The lowest BCUT2D eigenvalue weighted by Crippen LogP contribution is -2.22. The molecule has 0 radical (unpaired) electrons. The third-order valence-corrected chi connectivity index (χ3v) is 3.75. The van der Waals surface area contributed by atoms with Gasteiger partial charge in [-0.2, -0.15) is 5.26 Å². The number of hydrogen-bond donors (Lipinski definition) is 0. The van der Waals surface area contributed by atoms with Crippen molar-refractivity contribution in [3.63, 3.8) is 0 Å². The molecule has 2 heterocycles. The topological polar surface area (TPSA) is 50.8 Å². The molecule has 0 spiro atoms. The molecule has 0 saturated carbocycles. The van der Waals surface area contributed by atoms with Crippen molar-refractivity contribution in [3.05, 3.63) is 29.6 Å². The summed E-state index contributed by atoms with van der Waals surface area (Å²) in [7, 11) is 0. The highest BCUT2D eigenvalue weighted by Gasteiger charge is 2.21. The highest BCUT2D eigenvalue weighted by atomic mass is 35.5. The molecular weight excluding hydrogens is 262 g/mol. The molecule has 3 rings (SSSR count). The van der Waals surface area contributed by atoms with Crippen LogP contribution in [0, 0.1) is 11.3 Å². The molecule has 19 heavy (non-hydrogen) atoms. The third kappa shape index (κ3) is 2.20. The number of benzene rings is 1. The second-order valence-electron chi connectivity index (χ2n) is 4.72. The fraction of sp³-hybridized carbons (Fsp3) is 0.429. The van der Waals surface area contributed by atoms with E-state index < -0.39 is 0 Å².